The van der Waals surface area contributed by atoms with Crippen LogP contribution in [0.5, 0.6) is 0 Å². The summed E-state index contributed by atoms with van der Waals surface area (Å²) in [7, 11) is 0. The zero-order chi connectivity index (χ0) is 27.3. The SMILES string of the molecule is C=C(I=C/C=C\C)c1cc(C2=CC=C(CN3CCI(=C)(C)C(=O)C3)I=C2)cc2[nH]c(NC(=O)NCC)nc12. The molecule has 0 radical (unpaired) electrons. The van der Waals surface area contributed by atoms with Gasteiger partial charge in [-0.3, -0.25) is 5.32 Å². The molecule has 3 N–H and O–H groups in total. The molecule has 204 valence electrons. The van der Waals surface area contributed by atoms with E-state index in [-0.39, 0.29) is 26.8 Å². The summed E-state index contributed by atoms with van der Waals surface area (Å²) in [5.74, 6) is 0.419. The summed E-state index contributed by atoms with van der Waals surface area (Å²) in [5.41, 5.74) is 5.01. The van der Waals surface area contributed by atoms with Crippen LogP contribution in [0.3, 0.4) is 0 Å². The first-order chi connectivity index (χ1) is 18.2. The van der Waals surface area contributed by atoms with Crippen LogP contribution in [0.15, 0.2) is 46.6 Å². The summed E-state index contributed by atoms with van der Waals surface area (Å²) in [6.07, 6.45) is 8.52. The van der Waals surface area contributed by atoms with Crippen molar-refractivity contribution in [3.8, 4) is 0 Å². The number of halogens is 3. The van der Waals surface area contributed by atoms with Crippen molar-refractivity contribution >= 4 is 108 Å². The second kappa shape index (κ2) is 13.1. The number of carbonyl (C=O) groups excluding carboxylic acids is 2. The van der Waals surface area contributed by atoms with Crippen molar-refractivity contribution < 1.29 is 9.59 Å². The predicted octanol–water partition coefficient (Wildman–Crippen LogP) is 6.02. The van der Waals surface area contributed by atoms with Gasteiger partial charge in [0.15, 0.2) is 0 Å². The van der Waals surface area contributed by atoms with Crippen molar-refractivity contribution in [1.82, 2.24) is 20.2 Å². The molecular formula is C28H34I3N5O2. The van der Waals surface area contributed by atoms with Crippen LogP contribution in [0, 0.1) is 0 Å². The molecule has 1 unspecified atom stereocenters. The number of imidazole rings is 1. The number of amides is 2. The molecule has 0 aliphatic carbocycles. The van der Waals surface area contributed by atoms with E-state index in [9.17, 15) is 9.59 Å². The van der Waals surface area contributed by atoms with Gasteiger partial charge in [0, 0.05) is 6.54 Å². The number of benzene rings is 1. The normalized spacial score (nSPS) is 22.3. The Morgan fingerprint density at radius 1 is 1.37 bits per heavy atom. The number of allylic oxidation sites excluding steroid dienone is 5. The molecule has 1 aromatic heterocycles. The van der Waals surface area contributed by atoms with Crippen molar-refractivity contribution in [3.05, 3.63) is 57.7 Å². The van der Waals surface area contributed by atoms with Crippen LogP contribution < -0.4 is 10.6 Å². The fourth-order valence-electron chi connectivity index (χ4n) is 3.89. The number of carbonyl (C=O) groups is 2. The number of hydrogen-bond acceptors (Lipinski definition) is 4. The van der Waals surface area contributed by atoms with E-state index in [0.717, 1.165) is 43.3 Å². The molecule has 1 atom stereocenters. The second-order valence-corrected chi connectivity index (χ2v) is 23.3. The van der Waals surface area contributed by atoms with E-state index < -0.39 is 38.7 Å². The van der Waals surface area contributed by atoms with E-state index in [4.69, 9.17) is 4.98 Å². The van der Waals surface area contributed by atoms with Crippen LogP contribution in [0.2, 0.25) is 0 Å². The summed E-state index contributed by atoms with van der Waals surface area (Å²) in [6, 6.07) is 4.00. The van der Waals surface area contributed by atoms with Gasteiger partial charge >= 0.3 is 160 Å². The monoisotopic (exact) mass is 853 g/mol. The molecule has 1 aromatic carbocycles. The summed E-state index contributed by atoms with van der Waals surface area (Å²) < 4.78 is 12.7. The number of hydrogen-bond donors (Lipinski definition) is 3. The number of aromatic amines is 1. The molecule has 4 rings (SSSR count). The Labute approximate surface area is 247 Å². The van der Waals surface area contributed by atoms with E-state index in [1.54, 1.807) is 0 Å². The predicted molar refractivity (Wildman–Crippen MR) is 192 cm³/mol. The Morgan fingerprint density at radius 2 is 2.18 bits per heavy atom. The fraction of sp³-hybridized carbons (Fsp3) is 0.286. The summed E-state index contributed by atoms with van der Waals surface area (Å²) in [4.78, 5) is 36.9. The molecule has 0 saturated carbocycles. The van der Waals surface area contributed by atoms with Crippen molar-refractivity contribution in [1.29, 1.82) is 0 Å². The second-order valence-electron chi connectivity index (χ2n) is 9.04. The minimum absolute atomic E-state index is 0.284. The number of rotatable bonds is 8. The number of fused-ring (bicyclic) bond motifs is 1. The van der Waals surface area contributed by atoms with E-state index in [0.29, 0.717) is 22.8 Å². The van der Waals surface area contributed by atoms with Crippen molar-refractivity contribution in [3.63, 3.8) is 0 Å². The molecule has 2 aromatic rings. The molecule has 1 fully saturated rings. The average molecular weight is 853 g/mol. The van der Waals surface area contributed by atoms with Gasteiger partial charge in [-0.05, 0) is 17.9 Å². The number of anilines is 1. The van der Waals surface area contributed by atoms with Crippen molar-refractivity contribution in [2.24, 2.45) is 0 Å². The molecule has 0 bridgehead atoms. The smallest absolute Gasteiger partial charge is 0.338 e. The number of H-pyrrole nitrogens is 1. The molecule has 2 amide bonds. The van der Waals surface area contributed by atoms with Gasteiger partial charge in [-0.1, -0.05) is 39.5 Å². The van der Waals surface area contributed by atoms with E-state index in [2.05, 4.69) is 74.9 Å². The molecule has 2 aliphatic heterocycles. The Balaban J connectivity index is 1.62. The van der Waals surface area contributed by atoms with Crippen LogP contribution >= 0.6 is 59.4 Å². The van der Waals surface area contributed by atoms with E-state index in [1.807, 2.05) is 19.9 Å². The third-order valence-corrected chi connectivity index (χ3v) is 16.7. The van der Waals surface area contributed by atoms with Gasteiger partial charge in [0.1, 0.15) is 0 Å². The van der Waals surface area contributed by atoms with Crippen LogP contribution in [-0.2, 0) is 4.79 Å². The minimum Gasteiger partial charge on any atom is -0.338 e. The van der Waals surface area contributed by atoms with E-state index in [1.165, 1.54) is 9.15 Å². The van der Waals surface area contributed by atoms with Gasteiger partial charge in [-0.15, -0.1) is 0 Å². The summed E-state index contributed by atoms with van der Waals surface area (Å²) >= 11 is -3.05. The number of aromatic nitrogens is 2. The molecule has 10 heteroatoms. The van der Waals surface area contributed by atoms with Crippen molar-refractivity contribution in [2.75, 3.05) is 40.9 Å². The first-order valence-electron chi connectivity index (χ1n) is 12.2. The number of nitrogens with one attached hydrogen (secondary N) is 3. The van der Waals surface area contributed by atoms with Crippen LogP contribution in [-0.4, -0.2) is 72.8 Å². The molecule has 38 heavy (non-hydrogen) atoms. The van der Waals surface area contributed by atoms with Crippen LogP contribution in [0.1, 0.15) is 25.0 Å². The van der Waals surface area contributed by atoms with Crippen LogP contribution in [0.25, 0.3) is 20.2 Å². The summed E-state index contributed by atoms with van der Waals surface area (Å²) in [5, 5.41) is 5.53. The van der Waals surface area contributed by atoms with Gasteiger partial charge < -0.3 is 5.32 Å². The molecular weight excluding hydrogens is 819 g/mol. The average Bonchev–Trinajstić information content (AvgIpc) is 3.28. The standard InChI is InChI=1S/C28H34I3N5O2/c1-6-8-11-29-19(3)23-14-21(15-24-26(23)34-27(33-24)35-28(38)32-7-2)20-9-10-22(30-16-20)17-36-13-12-31(4,5)25(37)18-36/h6,8-11,14-16H,3-4,7,12-13,17-18H2,1-2,5H3,(H3,32,33,34,35,38)/b8-6-. The summed E-state index contributed by atoms with van der Waals surface area (Å²) in [6.45, 7) is 11.2. The number of nitrogens with zero attached hydrogens (tertiary/aromatic N) is 2. The third kappa shape index (κ3) is 7.30. The molecule has 1 saturated heterocycles. The Kier molecular flexibility index (Phi) is 10.1. The Hall–Kier alpha value is -1.65. The fourth-order valence-corrected chi connectivity index (χ4v) is 11.7. The quantitative estimate of drug-likeness (QED) is 0.172. The van der Waals surface area contributed by atoms with Crippen LogP contribution in [0.4, 0.5) is 10.7 Å². The zero-order valence-electron chi connectivity index (χ0n) is 21.9. The van der Waals surface area contributed by atoms with Gasteiger partial charge in [-0.25, -0.2) is 9.78 Å². The van der Waals surface area contributed by atoms with E-state index >= 15 is 0 Å². The maximum absolute atomic E-state index is 12.5. The maximum atomic E-state index is 12.5. The van der Waals surface area contributed by atoms with Gasteiger partial charge in [-0.2, -0.15) is 0 Å². The van der Waals surface area contributed by atoms with Gasteiger partial charge in [0.2, 0.25) is 5.95 Å². The molecule has 2 aliphatic rings. The first-order valence-corrected chi connectivity index (χ1v) is 23.1. The number of alkyl halides is 2. The van der Waals surface area contributed by atoms with Gasteiger partial charge in [0.05, 0.1) is 0 Å². The molecule has 0 spiro atoms. The topological polar surface area (TPSA) is 90.1 Å². The third-order valence-electron chi connectivity index (χ3n) is 6.05. The number of urea groups is 1. The Morgan fingerprint density at radius 3 is 2.87 bits per heavy atom. The molecule has 3 heterocycles. The first kappa shape index (κ1) is 29.3. The van der Waals surface area contributed by atoms with Gasteiger partial charge in [0.25, 0.3) is 0 Å². The minimum atomic E-state index is -2.36. The zero-order valence-corrected chi connectivity index (χ0v) is 28.4. The molecule has 7 nitrogen and oxygen atoms in total. The van der Waals surface area contributed by atoms with Crippen molar-refractivity contribution in [2.45, 2.75) is 13.8 Å². The Bertz CT molecular complexity index is 1480.